The number of aromatic amines is 1. The number of carbonyl (C=O) groups excluding carboxylic acids is 1. The number of rotatable bonds is 2. The van der Waals surface area contributed by atoms with Gasteiger partial charge in [-0.05, 0) is 38.5 Å². The predicted molar refractivity (Wildman–Crippen MR) is 102 cm³/mol. The predicted octanol–water partition coefficient (Wildman–Crippen LogP) is 2.38. The zero-order valence-electron chi connectivity index (χ0n) is 15.0. The second-order valence-electron chi connectivity index (χ2n) is 7.42. The lowest BCUT2D eigenvalue weighted by Gasteiger charge is -2.31. The summed E-state index contributed by atoms with van der Waals surface area (Å²) in [4.78, 5) is 36.2. The summed E-state index contributed by atoms with van der Waals surface area (Å²) in [5, 5.41) is 5.06. The number of amides is 1. The molecule has 3 aromatic rings. The van der Waals surface area contributed by atoms with Gasteiger partial charge in [-0.2, -0.15) is 0 Å². The lowest BCUT2D eigenvalue weighted by atomic mass is 9.94. The Morgan fingerprint density at radius 3 is 3.00 bits per heavy atom. The van der Waals surface area contributed by atoms with Crippen molar-refractivity contribution in [1.82, 2.24) is 24.5 Å². The molecule has 5 rings (SSSR count). The minimum atomic E-state index is -0.0113. The van der Waals surface area contributed by atoms with Crippen LogP contribution in [0.4, 0.5) is 0 Å². The van der Waals surface area contributed by atoms with Crippen LogP contribution >= 0.6 is 11.3 Å². The van der Waals surface area contributed by atoms with Crippen molar-refractivity contribution in [3.63, 3.8) is 0 Å². The van der Waals surface area contributed by atoms with Crippen molar-refractivity contribution < 1.29 is 4.79 Å². The number of thiazole rings is 1. The molecule has 3 aromatic heterocycles. The van der Waals surface area contributed by atoms with Gasteiger partial charge in [0.2, 0.25) is 0 Å². The lowest BCUT2D eigenvalue weighted by molar-refractivity contribution is 0.0700. The van der Waals surface area contributed by atoms with E-state index in [4.69, 9.17) is 4.98 Å². The van der Waals surface area contributed by atoms with Crippen LogP contribution in [-0.2, 0) is 12.8 Å². The van der Waals surface area contributed by atoms with Crippen molar-refractivity contribution in [2.75, 3.05) is 13.1 Å². The van der Waals surface area contributed by atoms with E-state index in [1.165, 1.54) is 11.3 Å². The summed E-state index contributed by atoms with van der Waals surface area (Å²) in [5.74, 6) is 0.169. The highest BCUT2D eigenvalue weighted by atomic mass is 32.1. The zero-order chi connectivity index (χ0) is 18.4. The van der Waals surface area contributed by atoms with Gasteiger partial charge in [0.25, 0.3) is 11.5 Å². The van der Waals surface area contributed by atoms with E-state index in [0.29, 0.717) is 17.9 Å². The number of likely N-dealkylation sites (tertiary alicyclic amines) is 1. The van der Waals surface area contributed by atoms with Crippen LogP contribution in [0.3, 0.4) is 0 Å². The second-order valence-corrected chi connectivity index (χ2v) is 8.14. The molecule has 0 saturated carbocycles. The summed E-state index contributed by atoms with van der Waals surface area (Å²) in [7, 11) is 0. The average Bonchev–Trinajstić information content (AvgIpc) is 3.38. The number of piperidine rings is 1. The highest BCUT2D eigenvalue weighted by Crippen LogP contribution is 2.28. The van der Waals surface area contributed by atoms with Gasteiger partial charge in [-0.25, -0.2) is 14.5 Å². The fourth-order valence-electron chi connectivity index (χ4n) is 4.28. The Bertz CT molecular complexity index is 1050. The number of aryl methyl sites for hydroxylation is 1. The minimum absolute atomic E-state index is 0.0113. The van der Waals surface area contributed by atoms with Gasteiger partial charge in [-0.15, -0.1) is 11.3 Å². The van der Waals surface area contributed by atoms with Gasteiger partial charge in [0.05, 0.1) is 11.2 Å². The smallest absolute Gasteiger partial charge is 0.276 e. The van der Waals surface area contributed by atoms with Gasteiger partial charge in [0, 0.05) is 41.7 Å². The maximum Gasteiger partial charge on any atom is 0.276 e. The number of carbonyl (C=O) groups is 1. The van der Waals surface area contributed by atoms with Gasteiger partial charge >= 0.3 is 0 Å². The molecule has 0 bridgehead atoms. The molecule has 0 unspecified atom stereocenters. The van der Waals surface area contributed by atoms with Crippen molar-refractivity contribution >= 4 is 22.9 Å². The summed E-state index contributed by atoms with van der Waals surface area (Å²) < 4.78 is 1.58. The summed E-state index contributed by atoms with van der Waals surface area (Å²) >= 11 is 1.43. The molecule has 8 heteroatoms. The van der Waals surface area contributed by atoms with Crippen molar-refractivity contribution in [3.8, 4) is 0 Å². The third-order valence-corrected chi connectivity index (χ3v) is 6.29. The molecule has 27 heavy (non-hydrogen) atoms. The van der Waals surface area contributed by atoms with Gasteiger partial charge < -0.3 is 4.90 Å². The largest absolute Gasteiger partial charge is 0.337 e. The van der Waals surface area contributed by atoms with E-state index < -0.39 is 0 Å². The van der Waals surface area contributed by atoms with Gasteiger partial charge in [-0.1, -0.05) is 0 Å². The van der Waals surface area contributed by atoms with E-state index in [2.05, 4.69) is 10.1 Å². The second kappa shape index (κ2) is 6.60. The first-order valence-corrected chi connectivity index (χ1v) is 10.5. The summed E-state index contributed by atoms with van der Waals surface area (Å²) in [6.45, 7) is 1.39. The monoisotopic (exact) mass is 383 g/mol. The maximum absolute atomic E-state index is 12.8. The molecule has 140 valence electrons. The van der Waals surface area contributed by atoms with Crippen LogP contribution in [0.25, 0.3) is 5.65 Å². The molecule has 1 amide bonds. The summed E-state index contributed by atoms with van der Waals surface area (Å²) in [6, 6.07) is 1.98. The fourth-order valence-corrected chi connectivity index (χ4v) is 4.81. The Hall–Kier alpha value is -2.48. The van der Waals surface area contributed by atoms with Crippen molar-refractivity contribution in [2.45, 2.75) is 44.4 Å². The average molecular weight is 383 g/mol. The van der Waals surface area contributed by atoms with E-state index in [-0.39, 0.29) is 17.4 Å². The first-order chi connectivity index (χ1) is 13.2. The van der Waals surface area contributed by atoms with Crippen LogP contribution < -0.4 is 5.56 Å². The van der Waals surface area contributed by atoms with E-state index in [1.54, 1.807) is 15.4 Å². The normalized spacial score (nSPS) is 20.0. The number of nitrogens with zero attached hydrogens (tertiary/aromatic N) is 4. The number of aromatic nitrogens is 4. The molecule has 7 nitrogen and oxygen atoms in total. The maximum atomic E-state index is 12.8. The third-order valence-electron chi connectivity index (χ3n) is 5.70. The van der Waals surface area contributed by atoms with E-state index in [1.807, 2.05) is 11.0 Å². The van der Waals surface area contributed by atoms with Crippen LogP contribution in [-0.4, -0.2) is 43.5 Å². The highest BCUT2D eigenvalue weighted by molar-refractivity contribution is 7.07. The fraction of sp³-hybridized carbons (Fsp3) is 0.474. The molecule has 4 heterocycles. The Kier molecular flexibility index (Phi) is 4.07. The molecule has 1 aliphatic heterocycles. The lowest BCUT2D eigenvalue weighted by Crippen LogP contribution is -2.39. The number of H-pyrrole nitrogens is 1. The number of fused-ring (bicyclic) bond motifs is 2. The Morgan fingerprint density at radius 2 is 2.15 bits per heavy atom. The SMILES string of the molecule is O=C(c1cscn1)N1CCC[C@@H](c2cc3nc4c(c(=O)n3[nH]2)CCCC4)C1. The van der Waals surface area contributed by atoms with Crippen LogP contribution in [0.2, 0.25) is 0 Å². The van der Waals surface area contributed by atoms with Crippen LogP contribution in [0, 0.1) is 0 Å². The Morgan fingerprint density at radius 1 is 1.26 bits per heavy atom. The number of hydrogen-bond donors (Lipinski definition) is 1. The molecule has 0 aromatic carbocycles. The van der Waals surface area contributed by atoms with Crippen molar-refractivity contribution in [2.24, 2.45) is 0 Å². The zero-order valence-corrected chi connectivity index (χ0v) is 15.8. The van der Waals surface area contributed by atoms with E-state index in [9.17, 15) is 9.59 Å². The van der Waals surface area contributed by atoms with Crippen LogP contribution in [0.1, 0.15) is 59.0 Å². The molecule has 2 aliphatic rings. The summed E-state index contributed by atoms with van der Waals surface area (Å²) in [5.41, 5.74) is 5.73. The number of nitrogens with one attached hydrogen (secondary N) is 1. The molecule has 1 N–H and O–H groups in total. The quantitative estimate of drug-likeness (QED) is 0.736. The molecule has 1 saturated heterocycles. The van der Waals surface area contributed by atoms with Crippen molar-refractivity contribution in [3.05, 3.63) is 50.0 Å². The van der Waals surface area contributed by atoms with Crippen LogP contribution in [0.5, 0.6) is 0 Å². The first-order valence-electron chi connectivity index (χ1n) is 9.51. The number of hydrogen-bond acceptors (Lipinski definition) is 5. The third kappa shape index (κ3) is 2.88. The van der Waals surface area contributed by atoms with Crippen LogP contribution in [0.15, 0.2) is 21.8 Å². The molecular formula is C19H21N5O2S. The first kappa shape index (κ1) is 16.7. The van der Waals surface area contributed by atoms with Gasteiger partial charge in [0.1, 0.15) is 5.69 Å². The van der Waals surface area contributed by atoms with Gasteiger partial charge in [-0.3, -0.25) is 14.7 Å². The van der Waals surface area contributed by atoms with Gasteiger partial charge in [0.15, 0.2) is 5.65 Å². The molecule has 1 fully saturated rings. The Balaban J connectivity index is 1.45. The molecular weight excluding hydrogens is 362 g/mol. The Labute approximate surface area is 160 Å². The molecule has 0 radical (unpaired) electrons. The topological polar surface area (TPSA) is 83.4 Å². The van der Waals surface area contributed by atoms with Crippen molar-refractivity contribution in [1.29, 1.82) is 0 Å². The van der Waals surface area contributed by atoms with E-state index >= 15 is 0 Å². The molecule has 1 aliphatic carbocycles. The molecule has 0 spiro atoms. The standard InChI is InChI=1S/C19H21N5O2S/c25-18-13-5-1-2-6-14(13)21-17-8-15(22-24(17)18)12-4-3-7-23(9-12)19(26)16-10-27-11-20-16/h8,10-12,22H,1-7,9H2/t12-/m1/s1. The van der Waals surface area contributed by atoms with E-state index in [0.717, 1.165) is 62.0 Å². The highest BCUT2D eigenvalue weighted by Gasteiger charge is 2.28. The minimum Gasteiger partial charge on any atom is -0.337 e. The summed E-state index contributed by atoms with van der Waals surface area (Å²) in [6.07, 6.45) is 5.79. The molecule has 1 atom stereocenters.